The topological polar surface area (TPSA) is 46.3 Å². The lowest BCUT2D eigenvalue weighted by atomic mass is 10.1. The number of thiophene rings is 1. The smallest absolute Gasteiger partial charge is 0.255 e. The third-order valence-corrected chi connectivity index (χ3v) is 4.60. The number of anilines is 1. The summed E-state index contributed by atoms with van der Waals surface area (Å²) in [4.78, 5) is 14.4. The van der Waals surface area contributed by atoms with E-state index in [-0.39, 0.29) is 11.9 Å². The Morgan fingerprint density at radius 3 is 2.65 bits per heavy atom. The van der Waals surface area contributed by atoms with Gasteiger partial charge in [0.1, 0.15) is 0 Å². The standard InChI is InChI=1S/C15H17BrN2OS/c1-10(2)18(8-11-5-3-4-6-13(11)17)15(19)12-7-14(16)20-9-12/h3-7,9-10H,8,17H2,1-2H3. The maximum Gasteiger partial charge on any atom is 0.255 e. The predicted molar refractivity (Wildman–Crippen MR) is 87.9 cm³/mol. The Bertz CT molecular complexity index is 609. The van der Waals surface area contributed by atoms with Gasteiger partial charge in [-0.15, -0.1) is 11.3 Å². The van der Waals surface area contributed by atoms with Crippen molar-refractivity contribution in [1.82, 2.24) is 4.90 Å². The van der Waals surface area contributed by atoms with Crippen molar-refractivity contribution < 1.29 is 4.79 Å². The molecule has 1 aromatic heterocycles. The van der Waals surface area contributed by atoms with Crippen molar-refractivity contribution in [2.45, 2.75) is 26.4 Å². The second-order valence-corrected chi connectivity index (χ2v) is 7.16. The molecule has 1 aromatic carbocycles. The van der Waals surface area contributed by atoms with Crippen LogP contribution in [0.3, 0.4) is 0 Å². The van der Waals surface area contributed by atoms with E-state index in [1.807, 2.05) is 54.5 Å². The lowest BCUT2D eigenvalue weighted by Crippen LogP contribution is -2.36. The van der Waals surface area contributed by atoms with Crippen LogP contribution in [0.2, 0.25) is 0 Å². The molecular formula is C15H17BrN2OS. The number of nitrogens with two attached hydrogens (primary N) is 1. The Hall–Kier alpha value is -1.33. The van der Waals surface area contributed by atoms with E-state index in [1.165, 1.54) is 11.3 Å². The number of carbonyl (C=O) groups excluding carboxylic acids is 1. The summed E-state index contributed by atoms with van der Waals surface area (Å²) in [5, 5.41) is 1.87. The maximum absolute atomic E-state index is 12.6. The third kappa shape index (κ3) is 3.41. The number of halogens is 1. The van der Waals surface area contributed by atoms with Crippen LogP contribution in [0.5, 0.6) is 0 Å². The Balaban J connectivity index is 2.24. The first-order valence-corrected chi connectivity index (χ1v) is 8.04. The minimum absolute atomic E-state index is 0.0326. The quantitative estimate of drug-likeness (QED) is 0.840. The molecule has 0 aliphatic heterocycles. The summed E-state index contributed by atoms with van der Waals surface area (Å²) < 4.78 is 0.962. The fourth-order valence-corrected chi connectivity index (χ4v) is 3.07. The van der Waals surface area contributed by atoms with Crippen LogP contribution in [0.4, 0.5) is 5.69 Å². The average Bonchev–Trinajstić information content (AvgIpc) is 2.83. The van der Waals surface area contributed by atoms with Gasteiger partial charge in [-0.1, -0.05) is 18.2 Å². The molecule has 0 saturated carbocycles. The predicted octanol–water partition coefficient (Wildman–Crippen LogP) is 4.14. The molecule has 2 aromatic rings. The molecule has 20 heavy (non-hydrogen) atoms. The Morgan fingerprint density at radius 2 is 2.10 bits per heavy atom. The maximum atomic E-state index is 12.6. The molecule has 2 N–H and O–H groups in total. The molecule has 5 heteroatoms. The van der Waals surface area contributed by atoms with Crippen molar-refractivity contribution in [3.05, 3.63) is 50.6 Å². The zero-order valence-electron chi connectivity index (χ0n) is 11.5. The van der Waals surface area contributed by atoms with Crippen molar-refractivity contribution in [1.29, 1.82) is 0 Å². The molecular weight excluding hydrogens is 336 g/mol. The number of nitrogen functional groups attached to an aromatic ring is 1. The van der Waals surface area contributed by atoms with Crippen molar-refractivity contribution >= 4 is 38.9 Å². The normalized spacial score (nSPS) is 10.8. The first kappa shape index (κ1) is 15.1. The summed E-state index contributed by atoms with van der Waals surface area (Å²) in [7, 11) is 0. The van der Waals surface area contributed by atoms with E-state index in [9.17, 15) is 4.79 Å². The third-order valence-electron chi connectivity index (χ3n) is 3.09. The van der Waals surface area contributed by atoms with Gasteiger partial charge in [0.2, 0.25) is 0 Å². The SMILES string of the molecule is CC(C)N(Cc1ccccc1N)C(=O)c1csc(Br)c1. The van der Waals surface area contributed by atoms with E-state index in [4.69, 9.17) is 5.73 Å². The molecule has 2 rings (SSSR count). The van der Waals surface area contributed by atoms with Crippen LogP contribution in [-0.4, -0.2) is 16.8 Å². The zero-order valence-corrected chi connectivity index (χ0v) is 13.9. The van der Waals surface area contributed by atoms with Crippen LogP contribution in [0, 0.1) is 0 Å². The van der Waals surface area contributed by atoms with Gasteiger partial charge in [0.15, 0.2) is 0 Å². The number of rotatable bonds is 4. The monoisotopic (exact) mass is 352 g/mol. The number of para-hydroxylation sites is 1. The van der Waals surface area contributed by atoms with Crippen LogP contribution in [0.1, 0.15) is 29.8 Å². The molecule has 0 fully saturated rings. The summed E-state index contributed by atoms with van der Waals surface area (Å²) in [6.45, 7) is 4.55. The first-order valence-electron chi connectivity index (χ1n) is 6.37. The van der Waals surface area contributed by atoms with Gasteiger partial charge in [-0.2, -0.15) is 0 Å². The highest BCUT2D eigenvalue weighted by molar-refractivity contribution is 9.11. The van der Waals surface area contributed by atoms with Gasteiger partial charge in [-0.25, -0.2) is 0 Å². The van der Waals surface area contributed by atoms with E-state index in [1.54, 1.807) is 0 Å². The molecule has 0 aliphatic rings. The number of benzene rings is 1. The minimum Gasteiger partial charge on any atom is -0.398 e. The van der Waals surface area contributed by atoms with E-state index in [0.717, 1.165) is 15.0 Å². The number of nitrogens with zero attached hydrogens (tertiary/aromatic N) is 1. The second kappa shape index (κ2) is 6.41. The molecule has 0 spiro atoms. The molecule has 0 atom stereocenters. The number of carbonyl (C=O) groups is 1. The van der Waals surface area contributed by atoms with E-state index in [2.05, 4.69) is 15.9 Å². The van der Waals surface area contributed by atoms with Crippen molar-refractivity contribution in [2.24, 2.45) is 0 Å². The van der Waals surface area contributed by atoms with Crippen LogP contribution < -0.4 is 5.73 Å². The zero-order chi connectivity index (χ0) is 14.7. The van der Waals surface area contributed by atoms with Crippen LogP contribution in [0.15, 0.2) is 39.5 Å². The van der Waals surface area contributed by atoms with Gasteiger partial charge < -0.3 is 10.6 Å². The molecule has 0 unspecified atom stereocenters. The fourth-order valence-electron chi connectivity index (χ4n) is 1.94. The molecule has 1 heterocycles. The number of hydrogen-bond donors (Lipinski definition) is 1. The summed E-state index contributed by atoms with van der Waals surface area (Å²) in [5.41, 5.74) is 8.38. The van der Waals surface area contributed by atoms with Crippen molar-refractivity contribution in [3.63, 3.8) is 0 Å². The van der Waals surface area contributed by atoms with Crippen LogP contribution >= 0.6 is 27.3 Å². The highest BCUT2D eigenvalue weighted by Crippen LogP contribution is 2.24. The molecule has 0 radical (unpaired) electrons. The van der Waals surface area contributed by atoms with Crippen molar-refractivity contribution in [2.75, 3.05) is 5.73 Å². The largest absolute Gasteiger partial charge is 0.398 e. The highest BCUT2D eigenvalue weighted by atomic mass is 79.9. The van der Waals surface area contributed by atoms with Gasteiger partial charge in [-0.05, 0) is 47.5 Å². The minimum atomic E-state index is 0.0326. The molecule has 0 bridgehead atoms. The number of hydrogen-bond acceptors (Lipinski definition) is 3. The molecule has 3 nitrogen and oxygen atoms in total. The summed E-state index contributed by atoms with van der Waals surface area (Å²) >= 11 is 4.91. The molecule has 0 saturated heterocycles. The fraction of sp³-hybridized carbons (Fsp3) is 0.267. The van der Waals surface area contributed by atoms with Gasteiger partial charge in [-0.3, -0.25) is 4.79 Å². The Labute approximate surface area is 131 Å². The van der Waals surface area contributed by atoms with Gasteiger partial charge in [0.25, 0.3) is 5.91 Å². The van der Waals surface area contributed by atoms with Crippen LogP contribution in [-0.2, 0) is 6.54 Å². The lowest BCUT2D eigenvalue weighted by Gasteiger charge is -2.27. The molecule has 106 valence electrons. The molecule has 1 amide bonds. The lowest BCUT2D eigenvalue weighted by molar-refractivity contribution is 0.0691. The number of amides is 1. The van der Waals surface area contributed by atoms with E-state index < -0.39 is 0 Å². The van der Waals surface area contributed by atoms with Gasteiger partial charge in [0, 0.05) is 23.7 Å². The summed E-state index contributed by atoms with van der Waals surface area (Å²) in [5.74, 6) is 0.0326. The van der Waals surface area contributed by atoms with Gasteiger partial charge >= 0.3 is 0 Å². The van der Waals surface area contributed by atoms with Crippen molar-refractivity contribution in [3.8, 4) is 0 Å². The second-order valence-electron chi connectivity index (χ2n) is 4.87. The first-order chi connectivity index (χ1) is 9.49. The highest BCUT2D eigenvalue weighted by Gasteiger charge is 2.20. The van der Waals surface area contributed by atoms with E-state index >= 15 is 0 Å². The Morgan fingerprint density at radius 1 is 1.40 bits per heavy atom. The average molecular weight is 353 g/mol. The van der Waals surface area contributed by atoms with E-state index in [0.29, 0.717) is 12.1 Å². The van der Waals surface area contributed by atoms with Crippen LogP contribution in [0.25, 0.3) is 0 Å². The van der Waals surface area contributed by atoms with Gasteiger partial charge in [0.05, 0.1) is 9.35 Å². The Kier molecular flexibility index (Phi) is 4.83. The summed E-state index contributed by atoms with van der Waals surface area (Å²) in [6.07, 6.45) is 0. The molecule has 0 aliphatic carbocycles. The summed E-state index contributed by atoms with van der Waals surface area (Å²) in [6, 6.07) is 9.63.